The van der Waals surface area contributed by atoms with Crippen molar-refractivity contribution in [1.29, 1.82) is 0 Å². The largest absolute Gasteiger partial charge is 0.492 e. The van der Waals surface area contributed by atoms with Gasteiger partial charge in [-0.2, -0.15) is 8.42 Å². The fraction of sp³-hybridized carbons (Fsp3) is 0.250. The summed E-state index contributed by atoms with van der Waals surface area (Å²) in [7, 11) is -3.89. The van der Waals surface area contributed by atoms with E-state index in [1.165, 1.54) is 18.2 Å². The molecule has 0 radical (unpaired) electrons. The van der Waals surface area contributed by atoms with Crippen LogP contribution in [0, 0.1) is 0 Å². The Kier molecular flexibility index (Phi) is 4.73. The van der Waals surface area contributed by atoms with E-state index in [0.717, 1.165) is 16.9 Å². The topological polar surface area (TPSA) is 74.1 Å². The van der Waals surface area contributed by atoms with E-state index in [-0.39, 0.29) is 4.90 Å². The second-order valence-corrected chi connectivity index (χ2v) is 7.40. The SMILES string of the molecule is CCCCOc1cc(S(=O)(=O)n2nnc3ccccc32)ccc1Cl. The van der Waals surface area contributed by atoms with Crippen LogP contribution in [0.4, 0.5) is 0 Å². The minimum absolute atomic E-state index is 0.0500. The molecule has 2 aromatic carbocycles. The Hall–Kier alpha value is -2.12. The summed E-state index contributed by atoms with van der Waals surface area (Å²) >= 11 is 6.09. The number of unbranched alkanes of at least 4 members (excludes halogenated alkanes) is 1. The average molecular weight is 366 g/mol. The first-order valence-electron chi connectivity index (χ1n) is 7.52. The van der Waals surface area contributed by atoms with Crippen molar-refractivity contribution >= 4 is 32.7 Å². The second-order valence-electron chi connectivity index (χ2n) is 5.22. The number of halogens is 1. The molecule has 24 heavy (non-hydrogen) atoms. The van der Waals surface area contributed by atoms with Gasteiger partial charge >= 0.3 is 0 Å². The number of nitrogens with zero attached hydrogens (tertiary/aromatic N) is 3. The smallest absolute Gasteiger partial charge is 0.285 e. The van der Waals surface area contributed by atoms with Crippen LogP contribution in [-0.4, -0.2) is 29.4 Å². The van der Waals surface area contributed by atoms with Crippen molar-refractivity contribution in [1.82, 2.24) is 14.4 Å². The Morgan fingerprint density at radius 2 is 2.00 bits per heavy atom. The molecule has 0 fully saturated rings. The van der Waals surface area contributed by atoms with Gasteiger partial charge in [-0.3, -0.25) is 0 Å². The van der Waals surface area contributed by atoms with Crippen LogP contribution < -0.4 is 4.74 Å². The number of aromatic nitrogens is 3. The van der Waals surface area contributed by atoms with Gasteiger partial charge in [0.25, 0.3) is 10.0 Å². The Morgan fingerprint density at radius 3 is 2.79 bits per heavy atom. The van der Waals surface area contributed by atoms with Crippen molar-refractivity contribution in [3.63, 3.8) is 0 Å². The minimum atomic E-state index is -3.89. The molecule has 8 heteroatoms. The van der Waals surface area contributed by atoms with Gasteiger partial charge in [0.2, 0.25) is 0 Å². The highest BCUT2D eigenvalue weighted by Crippen LogP contribution is 2.29. The van der Waals surface area contributed by atoms with Gasteiger partial charge < -0.3 is 4.74 Å². The molecular formula is C16H16ClN3O3S. The fourth-order valence-electron chi connectivity index (χ4n) is 2.21. The Balaban J connectivity index is 2.02. The molecule has 0 N–H and O–H groups in total. The minimum Gasteiger partial charge on any atom is -0.492 e. The van der Waals surface area contributed by atoms with E-state index < -0.39 is 10.0 Å². The molecular weight excluding hydrogens is 350 g/mol. The molecule has 0 atom stereocenters. The van der Waals surface area contributed by atoms with Crippen LogP contribution in [-0.2, 0) is 10.0 Å². The third-order valence-corrected chi connectivity index (χ3v) is 5.39. The monoisotopic (exact) mass is 365 g/mol. The van der Waals surface area contributed by atoms with Gasteiger partial charge in [-0.15, -0.1) is 9.19 Å². The normalized spacial score (nSPS) is 11.8. The van der Waals surface area contributed by atoms with Crippen molar-refractivity contribution in [3.8, 4) is 5.75 Å². The summed E-state index contributed by atoms with van der Waals surface area (Å²) in [6, 6.07) is 11.2. The van der Waals surface area contributed by atoms with Crippen molar-refractivity contribution in [3.05, 3.63) is 47.5 Å². The summed E-state index contributed by atoms with van der Waals surface area (Å²) in [5, 5.41) is 8.03. The standard InChI is InChI=1S/C16H16ClN3O3S/c1-2-3-10-23-16-11-12(8-9-13(16)17)24(21,22)20-15-7-5-4-6-14(15)18-19-20/h4-9,11H,2-3,10H2,1H3. The summed E-state index contributed by atoms with van der Waals surface area (Å²) < 4.78 is 32.2. The number of hydrogen-bond acceptors (Lipinski definition) is 5. The zero-order valence-corrected chi connectivity index (χ0v) is 14.6. The van der Waals surface area contributed by atoms with Crippen LogP contribution in [0.1, 0.15) is 19.8 Å². The molecule has 126 valence electrons. The Morgan fingerprint density at radius 1 is 1.21 bits per heavy atom. The lowest BCUT2D eigenvalue weighted by atomic mass is 10.3. The quantitative estimate of drug-likeness (QED) is 0.625. The van der Waals surface area contributed by atoms with Crippen molar-refractivity contribution in [2.45, 2.75) is 24.7 Å². The lowest BCUT2D eigenvalue weighted by Gasteiger charge is -2.10. The van der Waals surface area contributed by atoms with Gasteiger partial charge in [-0.05, 0) is 30.7 Å². The summed E-state index contributed by atoms with van der Waals surface area (Å²) in [4.78, 5) is 0.0500. The number of benzene rings is 2. The van der Waals surface area contributed by atoms with Crippen LogP contribution in [0.15, 0.2) is 47.4 Å². The number of hydrogen-bond donors (Lipinski definition) is 0. The summed E-state index contributed by atoms with van der Waals surface area (Å²) in [5.41, 5.74) is 0.926. The summed E-state index contributed by atoms with van der Waals surface area (Å²) in [5.74, 6) is 0.343. The summed E-state index contributed by atoms with van der Waals surface area (Å²) in [6.07, 6.45) is 1.83. The molecule has 0 aliphatic carbocycles. The molecule has 3 aromatic rings. The van der Waals surface area contributed by atoms with Crippen molar-refractivity contribution in [2.24, 2.45) is 0 Å². The molecule has 0 aliphatic rings. The fourth-order valence-corrected chi connectivity index (χ4v) is 3.62. The van der Waals surface area contributed by atoms with Gasteiger partial charge in [0.1, 0.15) is 16.8 Å². The highest BCUT2D eigenvalue weighted by molar-refractivity contribution is 7.90. The number of fused-ring (bicyclic) bond motifs is 1. The molecule has 0 bridgehead atoms. The van der Waals surface area contributed by atoms with Crippen LogP contribution in [0.3, 0.4) is 0 Å². The summed E-state index contributed by atoms with van der Waals surface area (Å²) in [6.45, 7) is 2.52. The second kappa shape index (κ2) is 6.78. The molecule has 3 rings (SSSR count). The molecule has 0 aliphatic heterocycles. The average Bonchev–Trinajstić information content (AvgIpc) is 3.01. The molecule has 1 aromatic heterocycles. The van der Waals surface area contributed by atoms with Crippen molar-refractivity contribution < 1.29 is 13.2 Å². The highest BCUT2D eigenvalue weighted by Gasteiger charge is 2.22. The number of para-hydroxylation sites is 1. The predicted molar refractivity (Wildman–Crippen MR) is 92.0 cm³/mol. The zero-order chi connectivity index (χ0) is 17.2. The Labute approximate surface area is 145 Å². The van der Waals surface area contributed by atoms with E-state index in [2.05, 4.69) is 10.3 Å². The van der Waals surface area contributed by atoms with Crippen LogP contribution >= 0.6 is 11.6 Å². The first-order chi connectivity index (χ1) is 11.5. The van der Waals surface area contributed by atoms with Crippen molar-refractivity contribution in [2.75, 3.05) is 6.61 Å². The van der Waals surface area contributed by atoms with Gasteiger partial charge in [-0.1, -0.05) is 42.3 Å². The Bertz CT molecular complexity index is 970. The highest BCUT2D eigenvalue weighted by atomic mass is 35.5. The van der Waals surface area contributed by atoms with Gasteiger partial charge in [0.15, 0.2) is 0 Å². The van der Waals surface area contributed by atoms with Crippen LogP contribution in [0.5, 0.6) is 5.75 Å². The molecule has 6 nitrogen and oxygen atoms in total. The first kappa shape index (κ1) is 16.7. The molecule has 0 saturated heterocycles. The predicted octanol–water partition coefficient (Wildman–Crippen LogP) is 3.50. The third kappa shape index (κ3) is 3.09. The lowest BCUT2D eigenvalue weighted by Crippen LogP contribution is -2.15. The van der Waals surface area contributed by atoms with Gasteiger partial charge in [0.05, 0.1) is 16.5 Å². The van der Waals surface area contributed by atoms with E-state index in [1.807, 2.05) is 6.92 Å². The molecule has 0 spiro atoms. The molecule has 0 unspecified atom stereocenters. The lowest BCUT2D eigenvalue weighted by molar-refractivity contribution is 0.309. The maximum absolute atomic E-state index is 12.9. The van der Waals surface area contributed by atoms with E-state index in [9.17, 15) is 8.42 Å². The molecule has 1 heterocycles. The third-order valence-electron chi connectivity index (χ3n) is 3.51. The maximum Gasteiger partial charge on any atom is 0.285 e. The first-order valence-corrected chi connectivity index (χ1v) is 9.34. The number of ether oxygens (including phenoxy) is 1. The van der Waals surface area contributed by atoms with E-state index in [4.69, 9.17) is 16.3 Å². The number of rotatable bonds is 6. The van der Waals surface area contributed by atoms with E-state index >= 15 is 0 Å². The zero-order valence-electron chi connectivity index (χ0n) is 13.0. The van der Waals surface area contributed by atoms with E-state index in [0.29, 0.717) is 28.4 Å². The van der Waals surface area contributed by atoms with Gasteiger partial charge in [-0.25, -0.2) is 0 Å². The molecule has 0 amide bonds. The maximum atomic E-state index is 12.9. The molecule has 0 saturated carbocycles. The van der Waals surface area contributed by atoms with E-state index in [1.54, 1.807) is 24.3 Å². The van der Waals surface area contributed by atoms with Gasteiger partial charge in [0, 0.05) is 6.07 Å². The van der Waals surface area contributed by atoms with Crippen LogP contribution in [0.2, 0.25) is 5.02 Å². The van der Waals surface area contributed by atoms with Crippen LogP contribution in [0.25, 0.3) is 11.0 Å².